The van der Waals surface area contributed by atoms with Gasteiger partial charge in [-0.3, -0.25) is 0 Å². The normalized spacial score (nSPS) is 16.9. The molecule has 0 aromatic rings. The first-order chi connectivity index (χ1) is 8.79. The van der Waals surface area contributed by atoms with Gasteiger partial charge in [0.1, 0.15) is 5.60 Å². The lowest BCUT2D eigenvalue weighted by molar-refractivity contribution is -0.357. The summed E-state index contributed by atoms with van der Waals surface area (Å²) in [6.07, 6.45) is 4.80. The number of nitrogens with one attached hydrogen (secondary N) is 1. The molecule has 1 aliphatic rings. The van der Waals surface area contributed by atoms with Gasteiger partial charge in [0.15, 0.2) is 0 Å². The van der Waals surface area contributed by atoms with Crippen molar-refractivity contribution in [1.82, 2.24) is 5.32 Å². The molecule has 19 heavy (non-hydrogen) atoms. The summed E-state index contributed by atoms with van der Waals surface area (Å²) in [4.78, 5) is 11.3. The zero-order valence-corrected chi connectivity index (χ0v) is 13.3. The number of amides is 1. The first-order valence-electron chi connectivity index (χ1n) is 5.85. The maximum Gasteiger partial charge on any atom is 0.407 e. The average Bonchev–Trinajstić information content (AvgIpc) is 2.68. The summed E-state index contributed by atoms with van der Waals surface area (Å²) in [6, 6.07) is 0. The first-order valence-corrected chi connectivity index (χ1v) is 6.92. The quantitative estimate of drug-likeness (QED) is 0.462. The van der Waals surface area contributed by atoms with E-state index in [0.29, 0.717) is 5.57 Å². The predicted octanol–water partition coefficient (Wildman–Crippen LogP) is 1.99. The molecular formula is C13H17INO4-. The maximum atomic E-state index is 11.6. The number of halogens is 1. The van der Waals surface area contributed by atoms with Gasteiger partial charge in [-0.05, 0) is 49.4 Å². The van der Waals surface area contributed by atoms with Crippen molar-refractivity contribution in [2.75, 3.05) is 13.2 Å². The Balaban J connectivity index is 2.27. The van der Waals surface area contributed by atoms with Crippen LogP contribution in [-0.4, -0.2) is 24.8 Å². The third-order valence-corrected chi connectivity index (χ3v) is 2.93. The monoisotopic (exact) mass is 378 g/mol. The van der Waals surface area contributed by atoms with Crippen LogP contribution in [0.5, 0.6) is 0 Å². The molecule has 5 nitrogen and oxygen atoms in total. The molecule has 0 bridgehead atoms. The molecule has 0 saturated heterocycles. The molecule has 0 aliphatic heterocycles. The van der Waals surface area contributed by atoms with Gasteiger partial charge in [-0.2, -0.15) is 0 Å². The van der Waals surface area contributed by atoms with Crippen LogP contribution in [0.3, 0.4) is 0 Å². The van der Waals surface area contributed by atoms with Crippen molar-refractivity contribution < 1.29 is 19.4 Å². The van der Waals surface area contributed by atoms with Crippen molar-refractivity contribution in [2.45, 2.75) is 26.4 Å². The van der Waals surface area contributed by atoms with Gasteiger partial charge < -0.3 is 19.9 Å². The summed E-state index contributed by atoms with van der Waals surface area (Å²) in [6.45, 7) is 5.68. The van der Waals surface area contributed by atoms with Crippen LogP contribution in [0.15, 0.2) is 33.3 Å². The van der Waals surface area contributed by atoms with E-state index in [1.54, 1.807) is 32.9 Å². The molecule has 0 atom stereocenters. The predicted molar refractivity (Wildman–Crippen MR) is 78.5 cm³/mol. The zero-order chi connectivity index (χ0) is 14.5. The number of hydrogen-bond donors (Lipinski definition) is 1. The molecule has 0 saturated carbocycles. The van der Waals surface area contributed by atoms with E-state index in [-0.39, 0.29) is 19.1 Å². The number of hydrogen-bond acceptors (Lipinski definition) is 4. The number of carbonyl (C=O) groups is 1. The van der Waals surface area contributed by atoms with Crippen LogP contribution < -0.4 is 10.4 Å². The van der Waals surface area contributed by atoms with Crippen LogP contribution in [-0.2, 0) is 9.47 Å². The van der Waals surface area contributed by atoms with Gasteiger partial charge in [-0.15, -0.1) is 0 Å². The van der Waals surface area contributed by atoms with Crippen molar-refractivity contribution in [3.8, 4) is 0 Å². The van der Waals surface area contributed by atoms with E-state index in [9.17, 15) is 9.90 Å². The van der Waals surface area contributed by atoms with Gasteiger partial charge in [-0.25, -0.2) is 4.79 Å². The molecule has 0 fully saturated rings. The number of rotatable bonds is 4. The molecule has 0 aromatic heterocycles. The van der Waals surface area contributed by atoms with Crippen LogP contribution in [0.1, 0.15) is 20.8 Å². The first kappa shape index (κ1) is 15.9. The Kier molecular flexibility index (Phi) is 5.71. The van der Waals surface area contributed by atoms with Gasteiger partial charge in [0.25, 0.3) is 0 Å². The molecule has 0 heterocycles. The van der Waals surface area contributed by atoms with Gasteiger partial charge in [0, 0.05) is 22.3 Å². The molecule has 1 amide bonds. The largest absolute Gasteiger partial charge is 0.611 e. The summed E-state index contributed by atoms with van der Waals surface area (Å²) in [7, 11) is 0. The van der Waals surface area contributed by atoms with E-state index < -0.39 is 11.7 Å². The minimum Gasteiger partial charge on any atom is -0.611 e. The van der Waals surface area contributed by atoms with Crippen molar-refractivity contribution in [1.29, 1.82) is 0 Å². The van der Waals surface area contributed by atoms with E-state index >= 15 is 0 Å². The molecule has 0 unspecified atom stereocenters. The topological polar surface area (TPSA) is 70.6 Å². The molecule has 1 N–H and O–H groups in total. The summed E-state index contributed by atoms with van der Waals surface area (Å²) in [5.74, 6) is -0.389. The van der Waals surface area contributed by atoms with Gasteiger partial charge >= 0.3 is 6.09 Å². The van der Waals surface area contributed by atoms with Gasteiger partial charge in [0.05, 0.1) is 5.95 Å². The SMILES string of the molecule is CC(C)(C)OC(=O)NCCO/C([O-])=C1/C=CC=C1I. The van der Waals surface area contributed by atoms with Crippen molar-refractivity contribution in [3.05, 3.63) is 33.3 Å². The summed E-state index contributed by atoms with van der Waals surface area (Å²) >= 11 is 2.07. The second-order valence-corrected chi connectivity index (χ2v) is 6.01. The molecule has 0 radical (unpaired) electrons. The zero-order valence-electron chi connectivity index (χ0n) is 11.2. The maximum absolute atomic E-state index is 11.6. The Morgan fingerprint density at radius 2 is 2.16 bits per heavy atom. The molecular weight excluding hydrogens is 361 g/mol. The van der Waals surface area contributed by atoms with E-state index in [1.807, 2.05) is 6.08 Å². The highest BCUT2D eigenvalue weighted by molar-refractivity contribution is 14.1. The fourth-order valence-corrected chi connectivity index (χ4v) is 1.86. The summed E-state index contributed by atoms with van der Waals surface area (Å²) < 4.78 is 10.9. The lowest BCUT2D eigenvalue weighted by Crippen LogP contribution is -2.34. The van der Waals surface area contributed by atoms with Crippen molar-refractivity contribution in [2.24, 2.45) is 0 Å². The van der Waals surface area contributed by atoms with Crippen molar-refractivity contribution in [3.63, 3.8) is 0 Å². The molecule has 6 heteroatoms. The van der Waals surface area contributed by atoms with Crippen molar-refractivity contribution >= 4 is 28.7 Å². The minimum absolute atomic E-state index is 0.110. The van der Waals surface area contributed by atoms with Crippen LogP contribution >= 0.6 is 22.6 Å². The average molecular weight is 378 g/mol. The number of alkyl carbamates (subject to hydrolysis) is 1. The number of allylic oxidation sites excluding steroid dienone is 5. The molecule has 0 spiro atoms. The van der Waals surface area contributed by atoms with Gasteiger partial charge in [0.2, 0.25) is 0 Å². The van der Waals surface area contributed by atoms with E-state index in [1.165, 1.54) is 0 Å². The standard InChI is InChI=1S/C13H18INO4/c1-13(2,3)19-12(17)15-7-8-18-11(16)9-5-4-6-10(9)14/h4-6,16H,7-8H2,1-3H3,(H,15,17)/p-1/b11-9-. The van der Waals surface area contributed by atoms with Crippen LogP contribution in [0.2, 0.25) is 0 Å². The highest BCUT2D eigenvalue weighted by Crippen LogP contribution is 2.25. The second kappa shape index (κ2) is 6.83. The number of ether oxygens (including phenoxy) is 2. The Morgan fingerprint density at radius 1 is 1.47 bits per heavy atom. The highest BCUT2D eigenvalue weighted by Gasteiger charge is 2.15. The number of carbonyl (C=O) groups excluding carboxylic acids is 1. The molecule has 0 aromatic carbocycles. The summed E-state index contributed by atoms with van der Waals surface area (Å²) in [5.41, 5.74) is 0.00414. The Labute approximate surface area is 126 Å². The highest BCUT2D eigenvalue weighted by atomic mass is 127. The smallest absolute Gasteiger partial charge is 0.407 e. The Morgan fingerprint density at radius 3 is 2.68 bits per heavy atom. The van der Waals surface area contributed by atoms with Crippen LogP contribution in [0.25, 0.3) is 0 Å². The van der Waals surface area contributed by atoms with Crippen LogP contribution in [0, 0.1) is 0 Å². The van der Waals surface area contributed by atoms with Crippen LogP contribution in [0.4, 0.5) is 4.79 Å². The third-order valence-electron chi connectivity index (χ3n) is 1.99. The second-order valence-electron chi connectivity index (χ2n) is 4.85. The molecule has 106 valence electrons. The molecule has 1 aliphatic carbocycles. The Hall–Kier alpha value is -1.18. The lowest BCUT2D eigenvalue weighted by Gasteiger charge is -2.21. The summed E-state index contributed by atoms with van der Waals surface area (Å²) in [5, 5.41) is 14.1. The van der Waals surface area contributed by atoms with E-state index in [4.69, 9.17) is 9.47 Å². The van der Waals surface area contributed by atoms with E-state index in [0.717, 1.165) is 3.58 Å². The minimum atomic E-state index is -0.536. The molecule has 1 rings (SSSR count). The lowest BCUT2D eigenvalue weighted by atomic mass is 10.2. The van der Waals surface area contributed by atoms with E-state index in [2.05, 4.69) is 27.9 Å². The van der Waals surface area contributed by atoms with Gasteiger partial charge in [-0.1, -0.05) is 12.2 Å². The third kappa shape index (κ3) is 6.00. The Bertz CT molecular complexity index is 432. The fourth-order valence-electron chi connectivity index (χ4n) is 1.25. The fraction of sp³-hybridized carbons (Fsp3) is 0.462.